The first kappa shape index (κ1) is 16.2. The van der Waals surface area contributed by atoms with Gasteiger partial charge < -0.3 is 15.4 Å². The van der Waals surface area contributed by atoms with Crippen LogP contribution in [0.5, 0.6) is 0 Å². The van der Waals surface area contributed by atoms with Gasteiger partial charge in [-0.25, -0.2) is 0 Å². The molecule has 1 fully saturated rings. The summed E-state index contributed by atoms with van der Waals surface area (Å²) in [5, 5.41) is 6.78. The first-order chi connectivity index (χ1) is 8.74. The molecule has 1 saturated heterocycles. The topological polar surface area (TPSA) is 50.4 Å². The fraction of sp³-hybridized carbons (Fsp3) is 0.462. The van der Waals surface area contributed by atoms with Crippen molar-refractivity contribution in [1.29, 1.82) is 0 Å². The second kappa shape index (κ2) is 8.38. The van der Waals surface area contributed by atoms with Crippen molar-refractivity contribution in [2.75, 3.05) is 19.7 Å². The minimum Gasteiger partial charge on any atom is -0.375 e. The molecule has 19 heavy (non-hydrogen) atoms. The van der Waals surface area contributed by atoms with E-state index in [1.165, 1.54) is 0 Å². The van der Waals surface area contributed by atoms with Gasteiger partial charge in [0.15, 0.2) is 0 Å². The van der Waals surface area contributed by atoms with E-state index in [-0.39, 0.29) is 24.4 Å². The number of carbonyl (C=O) groups is 1. The van der Waals surface area contributed by atoms with Crippen molar-refractivity contribution in [3.8, 4) is 0 Å². The van der Waals surface area contributed by atoms with E-state index in [1.54, 1.807) is 0 Å². The number of morpholine rings is 1. The van der Waals surface area contributed by atoms with E-state index in [2.05, 4.69) is 10.6 Å². The minimum atomic E-state index is -0.0102. The maximum atomic E-state index is 11.7. The number of hydrogen-bond acceptors (Lipinski definition) is 3. The van der Waals surface area contributed by atoms with E-state index in [9.17, 15) is 4.79 Å². The monoisotopic (exact) mass is 304 g/mol. The van der Waals surface area contributed by atoms with Gasteiger partial charge in [0.25, 0.3) is 0 Å². The Hall–Kier alpha value is -0.810. The summed E-state index contributed by atoms with van der Waals surface area (Å²) in [5.74, 6) is 0.0126. The Balaban J connectivity index is 0.00000180. The third kappa shape index (κ3) is 5.78. The largest absolute Gasteiger partial charge is 0.375 e. The van der Waals surface area contributed by atoms with Crippen molar-refractivity contribution in [1.82, 2.24) is 10.6 Å². The van der Waals surface area contributed by atoms with Gasteiger partial charge in [0, 0.05) is 24.7 Å². The van der Waals surface area contributed by atoms with E-state index >= 15 is 0 Å². The number of amides is 1. The van der Waals surface area contributed by atoms with Crippen LogP contribution in [-0.4, -0.2) is 31.7 Å². The normalized spacial score (nSPS) is 18.5. The summed E-state index contributed by atoms with van der Waals surface area (Å²) in [7, 11) is 0. The number of benzene rings is 1. The maximum Gasteiger partial charge on any atom is 0.222 e. The molecule has 1 aliphatic heterocycles. The van der Waals surface area contributed by atoms with Crippen LogP contribution in [0.1, 0.15) is 12.0 Å². The Kier molecular flexibility index (Phi) is 7.16. The number of carbonyl (C=O) groups excluding carboxylic acids is 1. The lowest BCUT2D eigenvalue weighted by atomic mass is 10.2. The number of nitrogens with one attached hydrogen (secondary N) is 2. The number of halogens is 2. The highest BCUT2D eigenvalue weighted by Gasteiger charge is 2.16. The number of hydrogen-bond donors (Lipinski definition) is 2. The predicted octanol–water partition coefficient (Wildman–Crippen LogP) is 1.76. The van der Waals surface area contributed by atoms with Crippen molar-refractivity contribution < 1.29 is 9.53 Å². The van der Waals surface area contributed by atoms with Crippen molar-refractivity contribution in [2.24, 2.45) is 0 Å². The molecule has 4 nitrogen and oxygen atoms in total. The molecule has 0 aromatic heterocycles. The lowest BCUT2D eigenvalue weighted by molar-refractivity contribution is -0.124. The van der Waals surface area contributed by atoms with E-state index in [0.29, 0.717) is 24.6 Å². The van der Waals surface area contributed by atoms with Gasteiger partial charge >= 0.3 is 0 Å². The zero-order valence-electron chi connectivity index (χ0n) is 10.5. The highest BCUT2D eigenvalue weighted by atomic mass is 35.5. The summed E-state index contributed by atoms with van der Waals surface area (Å²) in [5.41, 5.74) is 1.04. The highest BCUT2D eigenvalue weighted by molar-refractivity contribution is 6.30. The Morgan fingerprint density at radius 2 is 2.16 bits per heavy atom. The molecule has 0 saturated carbocycles. The molecule has 106 valence electrons. The van der Waals surface area contributed by atoms with Crippen molar-refractivity contribution in [3.63, 3.8) is 0 Å². The maximum absolute atomic E-state index is 11.7. The third-order valence-corrected chi connectivity index (χ3v) is 3.07. The quantitative estimate of drug-likeness (QED) is 0.891. The Morgan fingerprint density at radius 1 is 1.42 bits per heavy atom. The second-order valence-electron chi connectivity index (χ2n) is 4.30. The molecule has 0 radical (unpaired) electrons. The van der Waals surface area contributed by atoms with Crippen LogP contribution >= 0.6 is 24.0 Å². The van der Waals surface area contributed by atoms with Crippen LogP contribution < -0.4 is 10.6 Å². The minimum absolute atomic E-state index is 0. The molecule has 2 rings (SSSR count). The Labute approximate surface area is 124 Å². The SMILES string of the molecule is Cl.O=C(CC1CNCCO1)NCc1ccc(Cl)cc1. The molecule has 0 aliphatic carbocycles. The van der Waals surface area contributed by atoms with E-state index in [0.717, 1.165) is 18.7 Å². The average Bonchev–Trinajstić information content (AvgIpc) is 2.39. The summed E-state index contributed by atoms with van der Waals surface area (Å²) >= 11 is 5.79. The van der Waals surface area contributed by atoms with E-state index in [4.69, 9.17) is 16.3 Å². The first-order valence-corrected chi connectivity index (χ1v) is 6.45. The van der Waals surface area contributed by atoms with Crippen LogP contribution in [0.15, 0.2) is 24.3 Å². The lowest BCUT2D eigenvalue weighted by Gasteiger charge is -2.23. The van der Waals surface area contributed by atoms with Gasteiger partial charge in [-0.3, -0.25) is 4.79 Å². The van der Waals surface area contributed by atoms with Gasteiger partial charge in [0.05, 0.1) is 19.1 Å². The molecule has 6 heteroatoms. The Bertz CT molecular complexity index is 392. The molecule has 1 unspecified atom stereocenters. The van der Waals surface area contributed by atoms with Crippen LogP contribution in [0.3, 0.4) is 0 Å². The van der Waals surface area contributed by atoms with Crippen LogP contribution in [0.25, 0.3) is 0 Å². The number of ether oxygens (including phenoxy) is 1. The lowest BCUT2D eigenvalue weighted by Crippen LogP contribution is -2.41. The molecule has 1 amide bonds. The predicted molar refractivity (Wildman–Crippen MR) is 77.8 cm³/mol. The highest BCUT2D eigenvalue weighted by Crippen LogP contribution is 2.09. The third-order valence-electron chi connectivity index (χ3n) is 2.82. The molecular weight excluding hydrogens is 287 g/mol. The molecule has 2 N–H and O–H groups in total. The molecule has 1 aromatic carbocycles. The van der Waals surface area contributed by atoms with Crippen molar-refractivity contribution in [3.05, 3.63) is 34.9 Å². The molecule has 1 aromatic rings. The summed E-state index contributed by atoms with van der Waals surface area (Å²) < 4.78 is 5.48. The van der Waals surface area contributed by atoms with Crippen LogP contribution in [-0.2, 0) is 16.1 Å². The molecule has 1 atom stereocenters. The molecule has 1 aliphatic rings. The average molecular weight is 305 g/mol. The van der Waals surface area contributed by atoms with Crippen molar-refractivity contribution in [2.45, 2.75) is 19.1 Å². The summed E-state index contributed by atoms with van der Waals surface area (Å²) in [6.45, 7) is 2.81. The van der Waals surface area contributed by atoms with Gasteiger partial charge in [-0.05, 0) is 17.7 Å². The smallest absolute Gasteiger partial charge is 0.222 e. The summed E-state index contributed by atoms with van der Waals surface area (Å²) in [6.07, 6.45) is 0.393. The summed E-state index contributed by atoms with van der Waals surface area (Å²) in [6, 6.07) is 7.44. The van der Waals surface area contributed by atoms with E-state index < -0.39 is 0 Å². The zero-order valence-corrected chi connectivity index (χ0v) is 12.1. The number of rotatable bonds is 4. The fourth-order valence-corrected chi connectivity index (χ4v) is 1.96. The van der Waals surface area contributed by atoms with Gasteiger partial charge in [0.1, 0.15) is 0 Å². The standard InChI is InChI=1S/C13H17ClN2O2.ClH/c14-11-3-1-10(2-4-11)8-16-13(17)7-12-9-15-5-6-18-12;/h1-4,12,15H,5-9H2,(H,16,17);1H. The van der Waals surface area contributed by atoms with Gasteiger partial charge in [-0.15, -0.1) is 12.4 Å². The van der Waals surface area contributed by atoms with Gasteiger partial charge in [-0.1, -0.05) is 23.7 Å². The van der Waals surface area contributed by atoms with Gasteiger partial charge in [0.2, 0.25) is 5.91 Å². The van der Waals surface area contributed by atoms with Crippen LogP contribution in [0, 0.1) is 0 Å². The second-order valence-corrected chi connectivity index (χ2v) is 4.74. The molecule has 0 bridgehead atoms. The van der Waals surface area contributed by atoms with E-state index in [1.807, 2.05) is 24.3 Å². The summed E-state index contributed by atoms with van der Waals surface area (Å²) in [4.78, 5) is 11.7. The van der Waals surface area contributed by atoms with Crippen molar-refractivity contribution >= 4 is 29.9 Å². The van der Waals surface area contributed by atoms with Crippen LogP contribution in [0.2, 0.25) is 5.02 Å². The van der Waals surface area contributed by atoms with Gasteiger partial charge in [-0.2, -0.15) is 0 Å². The molecular formula is C13H18Cl2N2O2. The molecule has 0 spiro atoms. The Morgan fingerprint density at radius 3 is 2.79 bits per heavy atom. The van der Waals surface area contributed by atoms with Crippen LogP contribution in [0.4, 0.5) is 0 Å². The first-order valence-electron chi connectivity index (χ1n) is 6.07. The zero-order chi connectivity index (χ0) is 12.8. The fourth-order valence-electron chi connectivity index (χ4n) is 1.83. The molecule has 1 heterocycles.